The molecule has 1 aromatic heterocycles. The number of hydrogen-bond donors (Lipinski definition) is 0. The van der Waals surface area contributed by atoms with E-state index in [1.165, 1.54) is 4.90 Å². The summed E-state index contributed by atoms with van der Waals surface area (Å²) in [5, 5.41) is 11.4. The van der Waals surface area contributed by atoms with Gasteiger partial charge >= 0.3 is 0 Å². The maximum absolute atomic E-state index is 11.8. The molecule has 94 valence electrons. The highest BCUT2D eigenvalue weighted by Gasteiger charge is 2.32. The molecule has 1 aliphatic rings. The topological polar surface area (TPSA) is 108 Å². The molecule has 8 heteroatoms. The molecule has 0 aliphatic carbocycles. The zero-order valence-electron chi connectivity index (χ0n) is 10.2. The first kappa shape index (κ1) is 12.3. The quantitative estimate of drug-likeness (QED) is 0.453. The maximum atomic E-state index is 11.8. The fourth-order valence-corrected chi connectivity index (χ4v) is 1.81. The van der Waals surface area contributed by atoms with E-state index in [9.17, 15) is 4.79 Å². The van der Waals surface area contributed by atoms with Crippen molar-refractivity contribution in [2.45, 2.75) is 20.3 Å². The second kappa shape index (κ2) is 4.97. The van der Waals surface area contributed by atoms with Gasteiger partial charge in [-0.1, -0.05) is 5.11 Å². The van der Waals surface area contributed by atoms with Crippen LogP contribution in [0.4, 0.5) is 5.95 Å². The van der Waals surface area contributed by atoms with Gasteiger partial charge in [0, 0.05) is 24.4 Å². The number of aryl methyl sites for hydroxylation is 2. The van der Waals surface area contributed by atoms with Gasteiger partial charge < -0.3 is 0 Å². The third-order valence-corrected chi connectivity index (χ3v) is 2.93. The predicted octanol–water partition coefficient (Wildman–Crippen LogP) is 1.15. The van der Waals surface area contributed by atoms with E-state index in [2.05, 4.69) is 25.2 Å². The molecule has 0 N–H and O–H groups in total. The van der Waals surface area contributed by atoms with Crippen molar-refractivity contribution in [3.8, 4) is 0 Å². The van der Waals surface area contributed by atoms with Gasteiger partial charge in [0.2, 0.25) is 5.91 Å². The number of hydrogen-bond acceptors (Lipinski definition) is 5. The van der Waals surface area contributed by atoms with E-state index in [1.807, 2.05) is 13.8 Å². The summed E-state index contributed by atoms with van der Waals surface area (Å²) in [5.74, 6) is 0.295. The molecule has 0 bridgehead atoms. The minimum absolute atomic E-state index is 0.0265. The summed E-state index contributed by atoms with van der Waals surface area (Å²) in [5.41, 5.74) is 9.77. The second-order valence-corrected chi connectivity index (χ2v) is 4.27. The molecule has 0 spiro atoms. The Morgan fingerprint density at radius 1 is 1.44 bits per heavy atom. The maximum Gasteiger partial charge on any atom is 0.252 e. The molecule has 1 amide bonds. The molecule has 18 heavy (non-hydrogen) atoms. The summed E-state index contributed by atoms with van der Waals surface area (Å²) in [4.78, 5) is 20.3. The van der Waals surface area contributed by atoms with Crippen molar-refractivity contribution in [3.05, 3.63) is 21.8 Å². The normalized spacial score (nSPS) is 18.9. The Bertz CT molecular complexity index is 523. The lowest BCUT2D eigenvalue weighted by Gasteiger charge is -2.13. The number of carbonyl (C=O) groups excluding carboxylic acids is 1. The van der Waals surface area contributed by atoms with E-state index in [0.29, 0.717) is 25.5 Å². The van der Waals surface area contributed by atoms with Crippen LogP contribution < -0.4 is 4.90 Å². The van der Waals surface area contributed by atoms with E-state index >= 15 is 0 Å². The zero-order chi connectivity index (χ0) is 13.1. The second-order valence-electron chi connectivity index (χ2n) is 4.27. The number of azide groups is 1. The highest BCUT2D eigenvalue weighted by molar-refractivity contribution is 5.94. The average molecular weight is 247 g/mol. The lowest BCUT2D eigenvalue weighted by Crippen LogP contribution is -2.27. The van der Waals surface area contributed by atoms with Gasteiger partial charge in [0.25, 0.3) is 5.95 Å². The fraction of sp³-hybridized carbons (Fsp3) is 0.600. The summed E-state index contributed by atoms with van der Waals surface area (Å²) < 4.78 is 0. The molecule has 1 aliphatic heterocycles. The summed E-state index contributed by atoms with van der Waals surface area (Å²) >= 11 is 0. The Kier molecular flexibility index (Phi) is 3.38. The number of amides is 1. The average Bonchev–Trinajstić information content (AvgIpc) is 2.71. The highest BCUT2D eigenvalue weighted by atomic mass is 16.2. The summed E-state index contributed by atoms with van der Waals surface area (Å²) in [6.45, 7) is 4.43. The van der Waals surface area contributed by atoms with Crippen LogP contribution in [0, 0.1) is 19.8 Å². The van der Waals surface area contributed by atoms with Crippen molar-refractivity contribution in [3.63, 3.8) is 0 Å². The van der Waals surface area contributed by atoms with E-state index in [4.69, 9.17) is 5.53 Å². The smallest absolute Gasteiger partial charge is 0.252 e. The molecule has 1 fully saturated rings. The monoisotopic (exact) mass is 247 g/mol. The summed E-state index contributed by atoms with van der Waals surface area (Å²) in [7, 11) is 0. The van der Waals surface area contributed by atoms with Gasteiger partial charge in [0.05, 0.1) is 11.4 Å². The Labute approximate surface area is 104 Å². The minimum atomic E-state index is -0.0572. The van der Waals surface area contributed by atoms with Gasteiger partial charge in [-0.05, 0) is 25.3 Å². The van der Waals surface area contributed by atoms with Crippen LogP contribution in [0.1, 0.15) is 17.8 Å². The number of nitrogens with zero attached hydrogens (tertiary/aromatic N) is 7. The van der Waals surface area contributed by atoms with Crippen LogP contribution in [0.3, 0.4) is 0 Å². The molecule has 8 nitrogen and oxygen atoms in total. The van der Waals surface area contributed by atoms with Crippen molar-refractivity contribution >= 4 is 11.9 Å². The van der Waals surface area contributed by atoms with Gasteiger partial charge in [-0.15, -0.1) is 5.10 Å². The van der Waals surface area contributed by atoms with Crippen LogP contribution in [0.2, 0.25) is 0 Å². The zero-order valence-corrected chi connectivity index (χ0v) is 10.2. The van der Waals surface area contributed by atoms with E-state index in [0.717, 1.165) is 11.4 Å². The summed E-state index contributed by atoms with van der Waals surface area (Å²) in [6, 6.07) is 0. The number of rotatable bonds is 3. The van der Waals surface area contributed by atoms with Crippen LogP contribution >= 0.6 is 0 Å². The first-order valence-corrected chi connectivity index (χ1v) is 5.61. The van der Waals surface area contributed by atoms with Crippen LogP contribution in [0.25, 0.3) is 10.4 Å². The molecule has 0 saturated carbocycles. The molecule has 2 rings (SSSR count). The molecule has 1 saturated heterocycles. The fourth-order valence-electron chi connectivity index (χ4n) is 1.81. The van der Waals surface area contributed by atoms with Crippen LogP contribution in [0.15, 0.2) is 5.11 Å². The van der Waals surface area contributed by atoms with Gasteiger partial charge in [0.1, 0.15) is 0 Å². The Morgan fingerprint density at radius 2 is 2.22 bits per heavy atom. The molecule has 1 aromatic rings. The Morgan fingerprint density at radius 3 is 2.89 bits per heavy atom. The summed E-state index contributed by atoms with van der Waals surface area (Å²) in [6.07, 6.45) is 0.356. The van der Waals surface area contributed by atoms with Crippen molar-refractivity contribution in [1.82, 2.24) is 15.2 Å². The molecule has 1 unspecified atom stereocenters. The van der Waals surface area contributed by atoms with Crippen molar-refractivity contribution in [2.75, 3.05) is 18.0 Å². The van der Waals surface area contributed by atoms with Crippen LogP contribution in [-0.4, -0.2) is 34.2 Å². The number of aromatic nitrogens is 3. The molecule has 0 aromatic carbocycles. The third-order valence-electron chi connectivity index (χ3n) is 2.93. The highest BCUT2D eigenvalue weighted by Crippen LogP contribution is 2.22. The van der Waals surface area contributed by atoms with Gasteiger partial charge in [-0.3, -0.25) is 9.69 Å². The van der Waals surface area contributed by atoms with Gasteiger partial charge in [-0.25, -0.2) is 4.98 Å². The van der Waals surface area contributed by atoms with Crippen molar-refractivity contribution < 1.29 is 4.79 Å². The molecule has 1 atom stereocenters. The van der Waals surface area contributed by atoms with Gasteiger partial charge in [-0.2, -0.15) is 5.10 Å². The van der Waals surface area contributed by atoms with E-state index in [-0.39, 0.29) is 11.8 Å². The minimum Gasteiger partial charge on any atom is -0.279 e. The predicted molar refractivity (Wildman–Crippen MR) is 63.8 cm³/mol. The molecular weight excluding hydrogens is 234 g/mol. The first-order valence-electron chi connectivity index (χ1n) is 5.61. The number of anilines is 1. The SMILES string of the molecule is Cc1nnc(N2CC(CN=[N+]=[N-])CC2=O)nc1C. The van der Waals surface area contributed by atoms with Crippen LogP contribution in [-0.2, 0) is 4.79 Å². The lowest BCUT2D eigenvalue weighted by molar-refractivity contribution is -0.117. The van der Waals surface area contributed by atoms with Crippen molar-refractivity contribution in [1.29, 1.82) is 0 Å². The Balaban J connectivity index is 2.16. The molecular formula is C10H13N7O. The lowest BCUT2D eigenvalue weighted by atomic mass is 10.1. The standard InChI is InChI=1S/C10H13N7O/c1-6-7(2)14-15-10(13-6)17-5-8(3-9(17)18)4-12-16-11/h8H,3-5H2,1-2H3. The largest absolute Gasteiger partial charge is 0.279 e. The van der Waals surface area contributed by atoms with Crippen molar-refractivity contribution in [2.24, 2.45) is 11.0 Å². The first-order chi connectivity index (χ1) is 8.61. The Hall–Kier alpha value is -2.21. The molecule has 2 heterocycles. The van der Waals surface area contributed by atoms with Gasteiger partial charge in [0.15, 0.2) is 0 Å². The van der Waals surface area contributed by atoms with Crippen LogP contribution in [0.5, 0.6) is 0 Å². The number of carbonyl (C=O) groups is 1. The van der Waals surface area contributed by atoms with E-state index in [1.54, 1.807) is 0 Å². The van der Waals surface area contributed by atoms with E-state index < -0.39 is 0 Å². The molecule has 0 radical (unpaired) electrons. The third kappa shape index (κ3) is 2.38.